The zero-order chi connectivity index (χ0) is 15.5. The van der Waals surface area contributed by atoms with Gasteiger partial charge in [-0.25, -0.2) is 23.1 Å². The maximum atomic E-state index is 11.8. The molecule has 1 unspecified atom stereocenters. The summed E-state index contributed by atoms with van der Waals surface area (Å²) in [5, 5.41) is 3.53. The highest BCUT2D eigenvalue weighted by Gasteiger charge is 2.14. The molecule has 0 saturated carbocycles. The van der Waals surface area contributed by atoms with Gasteiger partial charge in [0.15, 0.2) is 0 Å². The van der Waals surface area contributed by atoms with Crippen molar-refractivity contribution in [3.8, 4) is 0 Å². The van der Waals surface area contributed by atoms with Crippen LogP contribution in [0.1, 0.15) is 18.5 Å². The summed E-state index contributed by atoms with van der Waals surface area (Å²) >= 11 is 5.99. The monoisotopic (exact) mass is 326 g/mol. The Balaban J connectivity index is 2.26. The van der Waals surface area contributed by atoms with Crippen LogP contribution in [0, 0.1) is 0 Å². The molecule has 0 bridgehead atoms. The molecule has 0 radical (unpaired) electrons. The van der Waals surface area contributed by atoms with Crippen molar-refractivity contribution in [2.45, 2.75) is 17.9 Å². The van der Waals surface area contributed by atoms with Gasteiger partial charge < -0.3 is 5.32 Å². The molecule has 8 heteroatoms. The van der Waals surface area contributed by atoms with E-state index in [0.29, 0.717) is 10.8 Å². The Labute approximate surface area is 128 Å². The summed E-state index contributed by atoms with van der Waals surface area (Å²) in [7, 11) is -2.09. The van der Waals surface area contributed by atoms with E-state index >= 15 is 0 Å². The minimum Gasteiger partial charge on any atom is -0.362 e. The summed E-state index contributed by atoms with van der Waals surface area (Å²) in [4.78, 5) is 8.07. The van der Waals surface area contributed by atoms with Gasteiger partial charge in [-0.05, 0) is 31.7 Å². The number of anilines is 1. The van der Waals surface area contributed by atoms with Gasteiger partial charge in [0.1, 0.15) is 17.2 Å². The minimum atomic E-state index is -3.46. The molecular formula is C13H15ClN4O2S. The van der Waals surface area contributed by atoms with Crippen LogP contribution in [0.15, 0.2) is 41.7 Å². The van der Waals surface area contributed by atoms with Crippen LogP contribution in [0.4, 0.5) is 5.82 Å². The third-order valence-corrected chi connectivity index (χ3v) is 4.65. The largest absolute Gasteiger partial charge is 0.362 e. The molecule has 0 saturated heterocycles. The van der Waals surface area contributed by atoms with E-state index in [4.69, 9.17) is 11.6 Å². The van der Waals surface area contributed by atoms with Crippen molar-refractivity contribution in [1.29, 1.82) is 0 Å². The fourth-order valence-electron chi connectivity index (χ4n) is 1.78. The summed E-state index contributed by atoms with van der Waals surface area (Å²) in [5.41, 5.74) is 0.806. The van der Waals surface area contributed by atoms with Gasteiger partial charge in [0.05, 0.1) is 17.1 Å². The number of aromatic nitrogens is 2. The first kappa shape index (κ1) is 15.7. The van der Waals surface area contributed by atoms with Crippen molar-refractivity contribution >= 4 is 27.4 Å². The highest BCUT2D eigenvalue weighted by atomic mass is 35.5. The Hall–Kier alpha value is -1.70. The molecule has 6 nitrogen and oxygen atoms in total. The number of benzene rings is 1. The first-order valence-electron chi connectivity index (χ1n) is 6.19. The van der Waals surface area contributed by atoms with Gasteiger partial charge in [-0.1, -0.05) is 23.7 Å². The molecule has 21 heavy (non-hydrogen) atoms. The Morgan fingerprint density at radius 2 is 2.10 bits per heavy atom. The quantitative estimate of drug-likeness (QED) is 0.880. The summed E-state index contributed by atoms with van der Waals surface area (Å²) in [6.07, 6.45) is 2.88. The second kappa shape index (κ2) is 6.38. The van der Waals surface area contributed by atoms with Crippen LogP contribution < -0.4 is 10.0 Å². The molecule has 112 valence electrons. The normalized spacial score (nSPS) is 12.9. The van der Waals surface area contributed by atoms with Crippen LogP contribution >= 0.6 is 11.6 Å². The van der Waals surface area contributed by atoms with Crippen LogP contribution in [0.3, 0.4) is 0 Å². The Morgan fingerprint density at radius 1 is 1.33 bits per heavy atom. The topological polar surface area (TPSA) is 84.0 Å². The van der Waals surface area contributed by atoms with Gasteiger partial charge in [-0.2, -0.15) is 0 Å². The lowest BCUT2D eigenvalue weighted by atomic mass is 10.1. The minimum absolute atomic E-state index is 0.163. The molecule has 2 aromatic rings. The van der Waals surface area contributed by atoms with Gasteiger partial charge in [0, 0.05) is 0 Å². The molecular weight excluding hydrogens is 312 g/mol. The predicted molar refractivity (Wildman–Crippen MR) is 81.8 cm³/mol. The average Bonchev–Trinajstić information content (AvgIpc) is 2.49. The molecule has 1 aromatic heterocycles. The first-order chi connectivity index (χ1) is 9.94. The second-order valence-electron chi connectivity index (χ2n) is 4.37. The fourth-order valence-corrected chi connectivity index (χ4v) is 2.72. The zero-order valence-electron chi connectivity index (χ0n) is 11.5. The third kappa shape index (κ3) is 3.69. The van der Waals surface area contributed by atoms with Crippen LogP contribution in [0.25, 0.3) is 0 Å². The van der Waals surface area contributed by atoms with Gasteiger partial charge in [0.25, 0.3) is 0 Å². The van der Waals surface area contributed by atoms with E-state index in [9.17, 15) is 8.42 Å². The van der Waals surface area contributed by atoms with Crippen LogP contribution in [0.2, 0.25) is 5.02 Å². The van der Waals surface area contributed by atoms with Crippen LogP contribution in [-0.2, 0) is 10.0 Å². The Morgan fingerprint density at radius 3 is 2.76 bits per heavy atom. The maximum absolute atomic E-state index is 11.8. The lowest BCUT2D eigenvalue weighted by molar-refractivity contribution is 0.588. The number of hydrogen-bond acceptors (Lipinski definition) is 5. The van der Waals surface area contributed by atoms with E-state index in [1.807, 2.05) is 13.0 Å². The second-order valence-corrected chi connectivity index (χ2v) is 6.66. The van der Waals surface area contributed by atoms with Gasteiger partial charge >= 0.3 is 0 Å². The van der Waals surface area contributed by atoms with E-state index in [0.717, 1.165) is 5.56 Å². The van der Waals surface area contributed by atoms with Crippen molar-refractivity contribution in [2.75, 3.05) is 12.4 Å². The predicted octanol–water partition coefficient (Wildman–Crippen LogP) is 2.21. The average molecular weight is 327 g/mol. The molecule has 1 heterocycles. The molecule has 0 amide bonds. The molecule has 0 spiro atoms. The highest BCUT2D eigenvalue weighted by molar-refractivity contribution is 7.89. The molecule has 0 fully saturated rings. The molecule has 1 aromatic carbocycles. The van der Waals surface area contributed by atoms with E-state index in [2.05, 4.69) is 20.0 Å². The summed E-state index contributed by atoms with van der Waals surface area (Å²) in [5.74, 6) is 0.501. The van der Waals surface area contributed by atoms with Crippen molar-refractivity contribution in [3.63, 3.8) is 0 Å². The zero-order valence-corrected chi connectivity index (χ0v) is 13.1. The van der Waals surface area contributed by atoms with Crippen molar-refractivity contribution < 1.29 is 8.42 Å². The van der Waals surface area contributed by atoms with Gasteiger partial charge in [-0.15, -0.1) is 0 Å². The van der Waals surface area contributed by atoms with E-state index < -0.39 is 10.0 Å². The number of rotatable bonds is 5. The summed E-state index contributed by atoms with van der Waals surface area (Å²) < 4.78 is 25.9. The lowest BCUT2D eigenvalue weighted by Crippen LogP contribution is -2.19. The molecule has 2 N–H and O–H groups in total. The number of sulfonamides is 1. The molecule has 1 atom stereocenters. The van der Waals surface area contributed by atoms with Crippen LogP contribution in [0.5, 0.6) is 0 Å². The lowest BCUT2D eigenvalue weighted by Gasteiger charge is -2.16. The fraction of sp³-hybridized carbons (Fsp3) is 0.231. The Kier molecular flexibility index (Phi) is 4.76. The van der Waals surface area contributed by atoms with Crippen molar-refractivity contribution in [1.82, 2.24) is 14.7 Å². The SMILES string of the molecule is CNS(=O)(=O)c1cccc(C(C)Nc2ncncc2Cl)c1. The number of nitrogens with zero attached hydrogens (tertiary/aromatic N) is 2. The standard InChI is InChI=1S/C13H15ClN4O2S/c1-9(18-13-12(14)7-16-8-17-13)10-4-3-5-11(6-10)21(19,20)15-2/h3-9,15H,1-2H3,(H,16,17,18). The first-order valence-corrected chi connectivity index (χ1v) is 8.05. The third-order valence-electron chi connectivity index (χ3n) is 2.96. The smallest absolute Gasteiger partial charge is 0.240 e. The summed E-state index contributed by atoms with van der Waals surface area (Å²) in [6, 6.07) is 6.52. The van der Waals surface area contributed by atoms with E-state index in [-0.39, 0.29) is 10.9 Å². The van der Waals surface area contributed by atoms with Crippen molar-refractivity contribution in [3.05, 3.63) is 47.4 Å². The summed E-state index contributed by atoms with van der Waals surface area (Å²) in [6.45, 7) is 1.89. The van der Waals surface area contributed by atoms with E-state index in [1.54, 1.807) is 18.2 Å². The molecule has 0 aliphatic heterocycles. The molecule has 0 aliphatic carbocycles. The number of hydrogen-bond donors (Lipinski definition) is 2. The van der Waals surface area contributed by atoms with Gasteiger partial charge in [0.2, 0.25) is 10.0 Å². The van der Waals surface area contributed by atoms with E-state index in [1.165, 1.54) is 19.6 Å². The van der Waals surface area contributed by atoms with Gasteiger partial charge in [-0.3, -0.25) is 0 Å². The number of halogens is 1. The van der Waals surface area contributed by atoms with Crippen molar-refractivity contribution in [2.24, 2.45) is 0 Å². The van der Waals surface area contributed by atoms with Crippen LogP contribution in [-0.4, -0.2) is 25.4 Å². The highest BCUT2D eigenvalue weighted by Crippen LogP contribution is 2.24. The number of nitrogens with one attached hydrogen (secondary N) is 2. The molecule has 2 rings (SSSR count). The Bertz CT molecular complexity index is 736. The maximum Gasteiger partial charge on any atom is 0.240 e. The molecule has 0 aliphatic rings.